The molecule has 0 unspecified atom stereocenters. The Kier molecular flexibility index (Phi) is 11.1. The quantitative estimate of drug-likeness (QED) is 0.577. The maximum atomic E-state index is 5.39. The highest BCUT2D eigenvalue weighted by atomic mass is 35.5. The zero-order valence-corrected chi connectivity index (χ0v) is 10.3. The van der Waals surface area contributed by atoms with Gasteiger partial charge in [0.15, 0.2) is 0 Å². The average Bonchev–Trinajstić information content (AvgIpc) is 2.15. The van der Waals surface area contributed by atoms with Crippen molar-refractivity contribution in [3.8, 4) is 0 Å². The molecule has 84 valence electrons. The van der Waals surface area contributed by atoms with E-state index in [1.54, 1.807) is 5.54 Å². The lowest BCUT2D eigenvalue weighted by Crippen LogP contribution is -2.14. The normalized spacial score (nSPS) is 11.7. The number of hydrogen-bond donors (Lipinski definition) is 1. The summed E-state index contributed by atoms with van der Waals surface area (Å²) in [5.41, 5.74) is 1.57. The van der Waals surface area contributed by atoms with Gasteiger partial charge in [0.2, 0.25) is 0 Å². The number of rotatable bonds is 9. The van der Waals surface area contributed by atoms with Crippen LogP contribution in [0.2, 0.25) is 0 Å². The molecule has 0 bridgehead atoms. The molecule has 0 rings (SSSR count). The van der Waals surface area contributed by atoms with E-state index in [9.17, 15) is 0 Å². The van der Waals surface area contributed by atoms with Crippen molar-refractivity contribution in [3.63, 3.8) is 0 Å². The van der Waals surface area contributed by atoms with Crippen LogP contribution in [-0.4, -0.2) is 13.1 Å². The van der Waals surface area contributed by atoms with Gasteiger partial charge in [0.25, 0.3) is 0 Å². The van der Waals surface area contributed by atoms with Crippen molar-refractivity contribution in [3.05, 3.63) is 11.6 Å². The molecule has 0 spiro atoms. The van der Waals surface area contributed by atoms with Crippen molar-refractivity contribution in [2.75, 3.05) is 13.1 Å². The van der Waals surface area contributed by atoms with Crippen LogP contribution < -0.4 is 5.32 Å². The van der Waals surface area contributed by atoms with Gasteiger partial charge < -0.3 is 5.32 Å². The third kappa shape index (κ3) is 12.0. The number of halogens is 1. The molecule has 1 N–H and O–H groups in total. The number of unbranched alkanes of at least 4 members (excludes halogenated alkanes) is 3. The summed E-state index contributed by atoms with van der Waals surface area (Å²) in [4.78, 5) is 0. The van der Waals surface area contributed by atoms with E-state index in [2.05, 4.69) is 19.2 Å². The first-order valence-corrected chi connectivity index (χ1v) is 6.17. The Hall–Kier alpha value is -0.0100. The van der Waals surface area contributed by atoms with Crippen LogP contribution in [0.25, 0.3) is 0 Å². The van der Waals surface area contributed by atoms with Crippen molar-refractivity contribution in [1.82, 2.24) is 5.32 Å². The zero-order valence-electron chi connectivity index (χ0n) is 9.56. The van der Waals surface area contributed by atoms with Crippen LogP contribution in [0.5, 0.6) is 0 Å². The van der Waals surface area contributed by atoms with Crippen LogP contribution in [0.3, 0.4) is 0 Å². The topological polar surface area (TPSA) is 12.0 Å². The van der Waals surface area contributed by atoms with Gasteiger partial charge in [0.05, 0.1) is 0 Å². The second-order valence-electron chi connectivity index (χ2n) is 4.16. The number of hydrogen-bond acceptors (Lipinski definition) is 1. The molecule has 0 fully saturated rings. The molecule has 0 aliphatic heterocycles. The minimum absolute atomic E-state index is 0.863. The molecule has 0 aromatic carbocycles. The fourth-order valence-electron chi connectivity index (χ4n) is 1.39. The highest BCUT2D eigenvalue weighted by Crippen LogP contribution is 2.08. The van der Waals surface area contributed by atoms with E-state index in [0.717, 1.165) is 19.0 Å². The van der Waals surface area contributed by atoms with Crippen LogP contribution in [0.1, 0.15) is 46.0 Å². The summed E-state index contributed by atoms with van der Waals surface area (Å²) in [7, 11) is 0. The first-order chi connectivity index (χ1) is 6.77. The minimum atomic E-state index is 0.863. The van der Waals surface area contributed by atoms with Gasteiger partial charge >= 0.3 is 0 Å². The molecule has 0 aliphatic rings. The molecule has 14 heavy (non-hydrogen) atoms. The van der Waals surface area contributed by atoms with E-state index in [4.69, 9.17) is 11.6 Å². The minimum Gasteiger partial charge on any atom is -0.313 e. The Morgan fingerprint density at radius 1 is 1.14 bits per heavy atom. The van der Waals surface area contributed by atoms with Crippen LogP contribution >= 0.6 is 11.6 Å². The predicted octanol–water partition coefficient (Wildman–Crippen LogP) is 3.94. The van der Waals surface area contributed by atoms with E-state index in [0.29, 0.717) is 0 Å². The van der Waals surface area contributed by atoms with Gasteiger partial charge in [-0.15, -0.1) is 0 Å². The van der Waals surface area contributed by atoms with Gasteiger partial charge in [-0.1, -0.05) is 57.2 Å². The second-order valence-corrected chi connectivity index (χ2v) is 4.41. The van der Waals surface area contributed by atoms with Gasteiger partial charge in [-0.2, -0.15) is 0 Å². The van der Waals surface area contributed by atoms with Crippen LogP contribution in [0.4, 0.5) is 0 Å². The molecule has 0 heterocycles. The van der Waals surface area contributed by atoms with Crippen molar-refractivity contribution in [2.45, 2.75) is 46.0 Å². The van der Waals surface area contributed by atoms with Gasteiger partial charge in [-0.25, -0.2) is 0 Å². The summed E-state index contributed by atoms with van der Waals surface area (Å²) in [5.74, 6) is 0.863. The van der Waals surface area contributed by atoms with Crippen LogP contribution in [-0.2, 0) is 0 Å². The summed E-state index contributed by atoms with van der Waals surface area (Å²) in [5, 5.41) is 3.31. The zero-order chi connectivity index (χ0) is 10.6. The SMILES string of the molecule is CC(C)CCCCCCNC/C=C/Cl. The summed E-state index contributed by atoms with van der Waals surface area (Å²) in [6, 6.07) is 0. The molecule has 0 atom stereocenters. The monoisotopic (exact) mass is 217 g/mol. The van der Waals surface area contributed by atoms with Gasteiger partial charge in [0.1, 0.15) is 0 Å². The predicted molar refractivity (Wildman–Crippen MR) is 65.8 cm³/mol. The molecule has 0 aromatic heterocycles. The Labute approximate surface area is 93.9 Å². The molecule has 0 saturated heterocycles. The van der Waals surface area contributed by atoms with Crippen LogP contribution in [0.15, 0.2) is 11.6 Å². The largest absolute Gasteiger partial charge is 0.313 e. The van der Waals surface area contributed by atoms with E-state index in [-0.39, 0.29) is 0 Å². The van der Waals surface area contributed by atoms with E-state index in [1.807, 2.05) is 6.08 Å². The first kappa shape index (κ1) is 14.0. The maximum Gasteiger partial charge on any atom is 0.0146 e. The Bertz CT molecular complexity index is 132. The molecule has 0 amide bonds. The molecule has 2 heteroatoms. The van der Waals surface area contributed by atoms with E-state index >= 15 is 0 Å². The van der Waals surface area contributed by atoms with E-state index in [1.165, 1.54) is 32.1 Å². The van der Waals surface area contributed by atoms with E-state index < -0.39 is 0 Å². The third-order valence-corrected chi connectivity index (χ3v) is 2.41. The van der Waals surface area contributed by atoms with Gasteiger partial charge in [-0.05, 0) is 18.9 Å². The van der Waals surface area contributed by atoms with Crippen molar-refractivity contribution in [1.29, 1.82) is 0 Å². The molecule has 0 radical (unpaired) electrons. The standard InChI is InChI=1S/C12H24ClN/c1-12(2)8-5-3-4-6-10-14-11-7-9-13/h7,9,12,14H,3-6,8,10-11H2,1-2H3/b9-7+. The first-order valence-electron chi connectivity index (χ1n) is 5.73. The van der Waals surface area contributed by atoms with Crippen LogP contribution in [0, 0.1) is 5.92 Å². The lowest BCUT2D eigenvalue weighted by Gasteiger charge is -2.04. The highest BCUT2D eigenvalue weighted by Gasteiger charge is 1.93. The van der Waals surface area contributed by atoms with Gasteiger partial charge in [-0.3, -0.25) is 0 Å². The number of nitrogens with one attached hydrogen (secondary N) is 1. The summed E-state index contributed by atoms with van der Waals surface area (Å²) >= 11 is 5.39. The Morgan fingerprint density at radius 2 is 1.86 bits per heavy atom. The fourth-order valence-corrected chi connectivity index (χ4v) is 1.48. The molecular formula is C12H24ClN. The fraction of sp³-hybridized carbons (Fsp3) is 0.833. The maximum absolute atomic E-state index is 5.39. The highest BCUT2D eigenvalue weighted by molar-refractivity contribution is 6.25. The molecule has 0 aromatic rings. The van der Waals surface area contributed by atoms with Crippen molar-refractivity contribution < 1.29 is 0 Å². The summed E-state index contributed by atoms with van der Waals surface area (Å²) < 4.78 is 0. The molecule has 1 nitrogen and oxygen atoms in total. The smallest absolute Gasteiger partial charge is 0.0146 e. The lowest BCUT2D eigenvalue weighted by atomic mass is 10.0. The van der Waals surface area contributed by atoms with Crippen molar-refractivity contribution in [2.24, 2.45) is 5.92 Å². The lowest BCUT2D eigenvalue weighted by molar-refractivity contribution is 0.515. The molecule has 0 aliphatic carbocycles. The van der Waals surface area contributed by atoms with Gasteiger partial charge in [0, 0.05) is 12.1 Å². The second kappa shape index (κ2) is 11.1. The molecule has 0 saturated carbocycles. The third-order valence-electron chi connectivity index (χ3n) is 2.24. The Balaban J connectivity index is 2.92. The Morgan fingerprint density at radius 3 is 2.50 bits per heavy atom. The average molecular weight is 218 g/mol. The van der Waals surface area contributed by atoms with Crippen molar-refractivity contribution >= 4 is 11.6 Å². The molecular weight excluding hydrogens is 194 g/mol. The summed E-state index contributed by atoms with van der Waals surface area (Å²) in [6.07, 6.45) is 8.71. The summed E-state index contributed by atoms with van der Waals surface area (Å²) in [6.45, 7) is 6.60.